The number of nitrogens with zero attached hydrogens (tertiary/aromatic N) is 2. The molecule has 2 aromatic rings. The molecule has 0 radical (unpaired) electrons. The number of benzene rings is 2. The van der Waals surface area contributed by atoms with Crippen LogP contribution < -0.4 is 0 Å². The molecule has 0 heterocycles. The Bertz CT molecular complexity index is 707. The highest BCUT2D eigenvalue weighted by Gasteiger charge is 2.19. The average molecular weight is 348 g/mol. The summed E-state index contributed by atoms with van der Waals surface area (Å²) in [4.78, 5) is 16.7. The molecular formula is C22H24N2O2. The smallest absolute Gasteiger partial charge is 0.323 e. The van der Waals surface area contributed by atoms with Crippen LogP contribution in [0.25, 0.3) is 0 Å². The van der Waals surface area contributed by atoms with Gasteiger partial charge in [0.2, 0.25) is 0 Å². The third-order valence-corrected chi connectivity index (χ3v) is 3.96. The fourth-order valence-corrected chi connectivity index (χ4v) is 2.50. The van der Waals surface area contributed by atoms with Gasteiger partial charge < -0.3 is 4.74 Å². The largest absolute Gasteiger partial charge is 0.465 e. The first-order valence-electron chi connectivity index (χ1n) is 8.97. The maximum atomic E-state index is 12.0. The number of rotatable bonds is 9. The molecule has 0 spiro atoms. The molecule has 0 saturated heterocycles. The van der Waals surface area contributed by atoms with Crippen molar-refractivity contribution in [1.82, 2.24) is 0 Å². The Morgan fingerprint density at radius 2 is 1.65 bits per heavy atom. The highest BCUT2D eigenvalue weighted by molar-refractivity contribution is 6.12. The lowest BCUT2D eigenvalue weighted by atomic mass is 10.0. The number of ether oxygens (including phenoxy) is 1. The van der Waals surface area contributed by atoms with Gasteiger partial charge in [0.15, 0.2) is 0 Å². The number of unbranched alkanes of at least 4 members (excludes halogenated alkanes) is 1. The molecular weight excluding hydrogens is 324 g/mol. The number of carbonyl (C=O) groups is 1. The van der Waals surface area contributed by atoms with Gasteiger partial charge in [-0.25, -0.2) is 0 Å². The van der Waals surface area contributed by atoms with Crippen LogP contribution in [0.3, 0.4) is 0 Å². The lowest BCUT2D eigenvalue weighted by Gasteiger charge is -2.10. The summed E-state index contributed by atoms with van der Waals surface area (Å²) in [5.74, 6) is -1.22. The first-order valence-corrected chi connectivity index (χ1v) is 8.97. The van der Waals surface area contributed by atoms with E-state index in [0.717, 1.165) is 29.7 Å². The molecule has 1 unspecified atom stereocenters. The van der Waals surface area contributed by atoms with Crippen molar-refractivity contribution in [2.75, 3.05) is 13.2 Å². The molecule has 0 N–H and O–H groups in total. The van der Waals surface area contributed by atoms with E-state index in [9.17, 15) is 10.1 Å². The maximum Gasteiger partial charge on any atom is 0.323 e. The lowest BCUT2D eigenvalue weighted by Crippen LogP contribution is -2.18. The van der Waals surface area contributed by atoms with E-state index in [1.807, 2.05) is 73.7 Å². The monoisotopic (exact) mass is 348 g/mol. The normalized spacial score (nSPS) is 11.2. The van der Waals surface area contributed by atoms with E-state index in [4.69, 9.17) is 4.74 Å². The molecule has 1 atom stereocenters. The van der Waals surface area contributed by atoms with Crippen molar-refractivity contribution in [1.29, 1.82) is 5.26 Å². The van der Waals surface area contributed by atoms with Crippen molar-refractivity contribution in [2.45, 2.75) is 26.2 Å². The van der Waals surface area contributed by atoms with Crippen LogP contribution in [-0.2, 0) is 9.53 Å². The first kappa shape index (κ1) is 19.4. The van der Waals surface area contributed by atoms with E-state index < -0.39 is 11.9 Å². The van der Waals surface area contributed by atoms with E-state index >= 15 is 0 Å². The van der Waals surface area contributed by atoms with Crippen molar-refractivity contribution >= 4 is 11.7 Å². The van der Waals surface area contributed by atoms with Gasteiger partial charge in [-0.2, -0.15) is 5.26 Å². The third kappa shape index (κ3) is 5.86. The second-order valence-electron chi connectivity index (χ2n) is 5.95. The maximum absolute atomic E-state index is 12.0. The molecule has 0 fully saturated rings. The SMILES string of the molecule is CCCCOC(=O)C(C#N)CCN=C(c1ccccc1)c1ccccc1. The summed E-state index contributed by atoms with van der Waals surface area (Å²) in [7, 11) is 0. The van der Waals surface area contributed by atoms with Crippen LogP contribution in [0.15, 0.2) is 65.7 Å². The molecule has 4 nitrogen and oxygen atoms in total. The van der Waals surface area contributed by atoms with Crippen molar-refractivity contribution in [3.8, 4) is 6.07 Å². The van der Waals surface area contributed by atoms with Crippen LogP contribution in [0.4, 0.5) is 0 Å². The first-order chi connectivity index (χ1) is 12.8. The fraction of sp³-hybridized carbons (Fsp3) is 0.318. The molecule has 0 aliphatic rings. The molecule has 0 aliphatic carbocycles. The van der Waals surface area contributed by atoms with Crippen LogP contribution >= 0.6 is 0 Å². The summed E-state index contributed by atoms with van der Waals surface area (Å²) in [5, 5.41) is 9.25. The summed E-state index contributed by atoms with van der Waals surface area (Å²) in [6, 6.07) is 21.9. The van der Waals surface area contributed by atoms with Gasteiger partial charge in [-0.3, -0.25) is 9.79 Å². The quantitative estimate of drug-likeness (QED) is 0.383. The number of esters is 1. The minimum atomic E-state index is -0.775. The standard InChI is InChI=1S/C22H24N2O2/c1-2-3-16-26-22(25)20(17-23)14-15-24-21(18-10-6-4-7-11-18)19-12-8-5-9-13-19/h4-13,20H,2-3,14-16H2,1H3. The van der Waals surface area contributed by atoms with Gasteiger partial charge in [0.05, 0.1) is 18.4 Å². The van der Waals surface area contributed by atoms with Crippen molar-refractivity contribution < 1.29 is 9.53 Å². The Morgan fingerprint density at radius 3 is 2.15 bits per heavy atom. The van der Waals surface area contributed by atoms with Gasteiger partial charge in [0, 0.05) is 17.7 Å². The minimum Gasteiger partial charge on any atom is -0.465 e. The Morgan fingerprint density at radius 1 is 1.08 bits per heavy atom. The molecule has 0 aromatic heterocycles. The van der Waals surface area contributed by atoms with E-state index in [0.29, 0.717) is 19.6 Å². The number of hydrogen-bond donors (Lipinski definition) is 0. The average Bonchev–Trinajstić information content (AvgIpc) is 2.69. The molecule has 2 aromatic carbocycles. The summed E-state index contributed by atoms with van der Waals surface area (Å²) in [6.07, 6.45) is 2.12. The predicted molar refractivity (Wildman–Crippen MR) is 103 cm³/mol. The Kier molecular flexibility index (Phi) is 8.08. The molecule has 0 bridgehead atoms. The summed E-state index contributed by atoms with van der Waals surface area (Å²) in [6.45, 7) is 2.79. The number of nitriles is 1. The molecule has 0 saturated carbocycles. The summed E-state index contributed by atoms with van der Waals surface area (Å²) >= 11 is 0. The Hall–Kier alpha value is -2.93. The highest BCUT2D eigenvalue weighted by Crippen LogP contribution is 2.13. The topological polar surface area (TPSA) is 62.5 Å². The highest BCUT2D eigenvalue weighted by atomic mass is 16.5. The van der Waals surface area contributed by atoms with Crippen molar-refractivity contribution in [2.24, 2.45) is 10.9 Å². The van der Waals surface area contributed by atoms with Gasteiger partial charge in [0.25, 0.3) is 0 Å². The fourth-order valence-electron chi connectivity index (χ4n) is 2.50. The number of aliphatic imine (C=N–C) groups is 1. The van der Waals surface area contributed by atoms with Crippen LogP contribution in [0.1, 0.15) is 37.3 Å². The zero-order chi connectivity index (χ0) is 18.6. The van der Waals surface area contributed by atoms with E-state index in [-0.39, 0.29) is 0 Å². The van der Waals surface area contributed by atoms with Crippen LogP contribution in [0, 0.1) is 17.2 Å². The number of carbonyl (C=O) groups excluding carboxylic acids is 1. The zero-order valence-electron chi connectivity index (χ0n) is 15.1. The molecule has 2 rings (SSSR count). The Balaban J connectivity index is 2.08. The van der Waals surface area contributed by atoms with Crippen molar-refractivity contribution in [3.05, 3.63) is 71.8 Å². The van der Waals surface area contributed by atoms with Crippen molar-refractivity contribution in [3.63, 3.8) is 0 Å². The van der Waals surface area contributed by atoms with Gasteiger partial charge in [-0.15, -0.1) is 0 Å². The molecule has 134 valence electrons. The summed E-state index contributed by atoms with van der Waals surface area (Å²) < 4.78 is 5.15. The predicted octanol–water partition coefficient (Wildman–Crippen LogP) is 4.40. The van der Waals surface area contributed by atoms with Crippen LogP contribution in [0.2, 0.25) is 0 Å². The lowest BCUT2D eigenvalue weighted by molar-refractivity contribution is -0.146. The van der Waals surface area contributed by atoms with Gasteiger partial charge in [-0.1, -0.05) is 74.0 Å². The minimum absolute atomic E-state index is 0.352. The van der Waals surface area contributed by atoms with E-state index in [2.05, 4.69) is 4.99 Å². The third-order valence-electron chi connectivity index (χ3n) is 3.96. The van der Waals surface area contributed by atoms with E-state index in [1.54, 1.807) is 0 Å². The van der Waals surface area contributed by atoms with Crippen LogP contribution in [0.5, 0.6) is 0 Å². The van der Waals surface area contributed by atoms with Gasteiger partial charge in [0.1, 0.15) is 5.92 Å². The van der Waals surface area contributed by atoms with E-state index in [1.165, 1.54) is 0 Å². The number of hydrogen-bond acceptors (Lipinski definition) is 4. The van der Waals surface area contributed by atoms with Crippen LogP contribution in [-0.4, -0.2) is 24.8 Å². The molecule has 0 amide bonds. The second-order valence-corrected chi connectivity index (χ2v) is 5.95. The van der Waals surface area contributed by atoms with Gasteiger partial charge in [-0.05, 0) is 12.8 Å². The molecule has 0 aliphatic heterocycles. The second kappa shape index (κ2) is 10.8. The molecule has 26 heavy (non-hydrogen) atoms. The Labute approximate surface area is 155 Å². The van der Waals surface area contributed by atoms with Gasteiger partial charge >= 0.3 is 5.97 Å². The molecule has 4 heteroatoms. The summed E-state index contributed by atoms with van der Waals surface area (Å²) in [5.41, 5.74) is 2.89. The zero-order valence-corrected chi connectivity index (χ0v) is 15.1.